The van der Waals surface area contributed by atoms with Crippen LogP contribution in [0.4, 0.5) is 11.6 Å². The molecule has 3 N–H and O–H groups in total. The van der Waals surface area contributed by atoms with E-state index in [2.05, 4.69) is 45.8 Å². The molecule has 2 saturated heterocycles. The van der Waals surface area contributed by atoms with Gasteiger partial charge in [-0.3, -0.25) is 14.2 Å². The van der Waals surface area contributed by atoms with Crippen molar-refractivity contribution in [1.82, 2.24) is 19.9 Å². The number of anilines is 2. The summed E-state index contributed by atoms with van der Waals surface area (Å²) < 4.78 is 13.7. The summed E-state index contributed by atoms with van der Waals surface area (Å²) in [7, 11) is 0. The second kappa shape index (κ2) is 8.41. The van der Waals surface area contributed by atoms with Crippen LogP contribution in [0.1, 0.15) is 57.3 Å². The van der Waals surface area contributed by atoms with Crippen molar-refractivity contribution in [3.8, 4) is 5.75 Å². The van der Waals surface area contributed by atoms with Crippen LogP contribution < -0.4 is 26.2 Å². The molecule has 10 nitrogen and oxygen atoms in total. The minimum absolute atomic E-state index is 0.0261. The highest BCUT2D eigenvalue weighted by atomic mass is 16.5. The Hall–Kier alpha value is -3.24. The number of aromatic nitrogens is 3. The standard InChI is InChI=1S/C26H32N6O4/c1-24(2)6-5-18-23(31-24)32(21(34)14-27-18)12-11-26-9-7-25(8-10-26,16-36-26)28-13-17-3-4-19-22(29-17)30-20(33)15-35-19/h3-6,14,28,31H,7-13,15-16H2,1-2H3,(H,29,30,33). The first-order chi connectivity index (χ1) is 17.2. The highest BCUT2D eigenvalue weighted by molar-refractivity contribution is 5.94. The molecule has 36 heavy (non-hydrogen) atoms. The van der Waals surface area contributed by atoms with Gasteiger partial charge >= 0.3 is 0 Å². The zero-order valence-electron chi connectivity index (χ0n) is 20.7. The van der Waals surface area contributed by atoms with Crippen molar-refractivity contribution in [2.24, 2.45) is 0 Å². The van der Waals surface area contributed by atoms with Crippen LogP contribution in [0.25, 0.3) is 6.08 Å². The molecule has 190 valence electrons. The summed E-state index contributed by atoms with van der Waals surface area (Å²) >= 11 is 0. The van der Waals surface area contributed by atoms with E-state index >= 15 is 0 Å². The maximum Gasteiger partial charge on any atom is 0.270 e. The van der Waals surface area contributed by atoms with Gasteiger partial charge in [0.1, 0.15) is 11.5 Å². The van der Waals surface area contributed by atoms with Crippen LogP contribution in [0.2, 0.25) is 0 Å². The Morgan fingerprint density at radius 1 is 1.17 bits per heavy atom. The molecule has 4 aliphatic heterocycles. The molecule has 1 saturated carbocycles. The monoisotopic (exact) mass is 492 g/mol. The molecule has 2 aromatic heterocycles. The third-order valence-electron chi connectivity index (χ3n) is 7.93. The van der Waals surface area contributed by atoms with E-state index < -0.39 is 0 Å². The molecule has 2 bridgehead atoms. The van der Waals surface area contributed by atoms with Gasteiger partial charge in [0.2, 0.25) is 0 Å². The molecule has 0 spiro atoms. The van der Waals surface area contributed by atoms with Crippen LogP contribution in [-0.2, 0) is 22.6 Å². The molecular formula is C26H32N6O4. The number of carbonyl (C=O) groups is 1. The summed E-state index contributed by atoms with van der Waals surface area (Å²) in [5.74, 6) is 1.68. The first kappa shape index (κ1) is 23.2. The fourth-order valence-electron chi connectivity index (χ4n) is 5.62. The number of fused-ring (bicyclic) bond motifs is 5. The van der Waals surface area contributed by atoms with E-state index in [-0.39, 0.29) is 34.8 Å². The van der Waals surface area contributed by atoms with Gasteiger partial charge in [-0.05, 0) is 64.2 Å². The molecule has 0 atom stereocenters. The number of nitrogens with zero attached hydrogens (tertiary/aromatic N) is 3. The number of carbonyl (C=O) groups excluding carboxylic acids is 1. The van der Waals surface area contributed by atoms with Crippen molar-refractivity contribution in [2.75, 3.05) is 23.8 Å². The fraction of sp³-hybridized carbons (Fsp3) is 0.538. The van der Waals surface area contributed by atoms with Crippen LogP contribution in [-0.4, -0.2) is 50.3 Å². The molecule has 2 aromatic rings. The second-order valence-electron chi connectivity index (χ2n) is 11.0. The van der Waals surface area contributed by atoms with Gasteiger partial charge in [0, 0.05) is 18.6 Å². The van der Waals surface area contributed by atoms with Gasteiger partial charge < -0.3 is 25.4 Å². The predicted octanol–water partition coefficient (Wildman–Crippen LogP) is 2.45. The number of pyridine rings is 1. The number of hydrogen-bond donors (Lipinski definition) is 3. The summed E-state index contributed by atoms with van der Waals surface area (Å²) in [4.78, 5) is 33.2. The number of amides is 1. The maximum atomic E-state index is 12.7. The van der Waals surface area contributed by atoms with Gasteiger partial charge in [-0.1, -0.05) is 6.08 Å². The minimum Gasteiger partial charge on any atom is -0.480 e. The van der Waals surface area contributed by atoms with Crippen molar-refractivity contribution >= 4 is 23.6 Å². The Morgan fingerprint density at radius 2 is 2.00 bits per heavy atom. The SMILES string of the molecule is CC1(C)C=Cc2ncc(=O)n(CCC34CCC(NCc5ccc6c(n5)NC(=O)CO6)(CC3)CO4)c2N1. The highest BCUT2D eigenvalue weighted by Crippen LogP contribution is 2.46. The summed E-state index contributed by atoms with van der Waals surface area (Å²) in [6, 6.07) is 3.78. The number of nitrogens with one attached hydrogen (secondary N) is 3. The van der Waals surface area contributed by atoms with E-state index in [1.807, 2.05) is 22.8 Å². The van der Waals surface area contributed by atoms with E-state index in [0.717, 1.165) is 49.3 Å². The average molecular weight is 493 g/mol. The Balaban J connectivity index is 1.09. The van der Waals surface area contributed by atoms with Crippen molar-refractivity contribution in [2.45, 2.75) is 75.7 Å². The highest BCUT2D eigenvalue weighted by Gasteiger charge is 2.49. The van der Waals surface area contributed by atoms with Crippen LogP contribution >= 0.6 is 0 Å². The van der Waals surface area contributed by atoms with Gasteiger partial charge in [0.05, 0.1) is 29.6 Å². The molecule has 6 heterocycles. The Kier molecular flexibility index (Phi) is 5.42. The van der Waals surface area contributed by atoms with Crippen LogP contribution in [0.5, 0.6) is 5.75 Å². The third-order valence-corrected chi connectivity index (χ3v) is 7.93. The topological polar surface area (TPSA) is 119 Å². The quantitative estimate of drug-likeness (QED) is 0.563. The van der Waals surface area contributed by atoms with E-state index in [1.165, 1.54) is 6.20 Å². The molecule has 7 rings (SSSR count). The molecule has 3 fully saturated rings. The molecule has 0 unspecified atom stereocenters. The lowest BCUT2D eigenvalue weighted by atomic mass is 9.70. The van der Waals surface area contributed by atoms with Crippen LogP contribution in [0.3, 0.4) is 0 Å². The zero-order chi connectivity index (χ0) is 25.0. The molecule has 5 aliphatic rings. The normalized spacial score (nSPS) is 27.4. The Morgan fingerprint density at radius 3 is 2.78 bits per heavy atom. The number of ether oxygens (including phenoxy) is 2. The van der Waals surface area contributed by atoms with E-state index in [9.17, 15) is 9.59 Å². The average Bonchev–Trinajstić information content (AvgIpc) is 2.87. The Bertz CT molecular complexity index is 1280. The van der Waals surface area contributed by atoms with E-state index in [4.69, 9.17) is 9.47 Å². The Labute approximate surface area is 209 Å². The lowest BCUT2D eigenvalue weighted by Gasteiger charge is -2.53. The van der Waals surface area contributed by atoms with E-state index in [1.54, 1.807) is 0 Å². The summed E-state index contributed by atoms with van der Waals surface area (Å²) in [6.45, 7) is 6.00. The van der Waals surface area contributed by atoms with Crippen molar-refractivity contribution in [3.05, 3.63) is 46.1 Å². The largest absolute Gasteiger partial charge is 0.480 e. The summed E-state index contributed by atoms with van der Waals surface area (Å²) in [5, 5.41) is 9.91. The van der Waals surface area contributed by atoms with Gasteiger partial charge in [0.25, 0.3) is 11.5 Å². The summed E-state index contributed by atoms with van der Waals surface area (Å²) in [5.41, 5.74) is 1.04. The van der Waals surface area contributed by atoms with Crippen molar-refractivity contribution in [3.63, 3.8) is 0 Å². The lowest BCUT2D eigenvalue weighted by molar-refractivity contribution is -0.167. The van der Waals surface area contributed by atoms with Crippen LogP contribution in [0.15, 0.2) is 29.2 Å². The first-order valence-electron chi connectivity index (χ1n) is 12.6. The minimum atomic E-state index is -0.231. The second-order valence-corrected chi connectivity index (χ2v) is 11.0. The van der Waals surface area contributed by atoms with Crippen molar-refractivity contribution in [1.29, 1.82) is 0 Å². The molecule has 10 heteroatoms. The maximum absolute atomic E-state index is 12.7. The molecular weight excluding hydrogens is 460 g/mol. The smallest absolute Gasteiger partial charge is 0.270 e. The van der Waals surface area contributed by atoms with Gasteiger partial charge in [0.15, 0.2) is 18.2 Å². The molecule has 1 amide bonds. The van der Waals surface area contributed by atoms with Crippen LogP contribution in [0, 0.1) is 0 Å². The van der Waals surface area contributed by atoms with Gasteiger partial charge in [-0.2, -0.15) is 0 Å². The summed E-state index contributed by atoms with van der Waals surface area (Å²) in [6.07, 6.45) is 10.2. The zero-order valence-corrected chi connectivity index (χ0v) is 20.7. The fourth-order valence-corrected chi connectivity index (χ4v) is 5.62. The van der Waals surface area contributed by atoms with Crippen molar-refractivity contribution < 1.29 is 14.3 Å². The van der Waals surface area contributed by atoms with E-state index in [0.29, 0.717) is 31.3 Å². The number of rotatable bonds is 6. The molecule has 1 aliphatic carbocycles. The molecule has 0 aromatic carbocycles. The number of hydrogen-bond acceptors (Lipinski definition) is 8. The predicted molar refractivity (Wildman–Crippen MR) is 135 cm³/mol. The molecule has 0 radical (unpaired) electrons. The first-order valence-corrected chi connectivity index (χ1v) is 12.6. The lowest BCUT2D eigenvalue weighted by Crippen LogP contribution is -2.61. The van der Waals surface area contributed by atoms with Gasteiger partial charge in [-0.15, -0.1) is 0 Å². The third kappa shape index (κ3) is 4.28. The van der Waals surface area contributed by atoms with Gasteiger partial charge in [-0.25, -0.2) is 9.97 Å².